The lowest BCUT2D eigenvalue weighted by Gasteiger charge is -2.19. The van der Waals surface area contributed by atoms with Crippen molar-refractivity contribution in [2.45, 2.75) is 19.3 Å². The molecular formula is C23H17N3O6. The van der Waals surface area contributed by atoms with Crippen LogP contribution in [-0.4, -0.2) is 28.6 Å². The Bertz CT molecular complexity index is 1220. The van der Waals surface area contributed by atoms with Gasteiger partial charge in [-0.2, -0.15) is 0 Å². The summed E-state index contributed by atoms with van der Waals surface area (Å²) in [5, 5.41) is 11.3. The van der Waals surface area contributed by atoms with Gasteiger partial charge in [0, 0.05) is 6.07 Å². The zero-order valence-electron chi connectivity index (χ0n) is 16.8. The largest absolute Gasteiger partial charge is 0.283 e. The number of amides is 4. The zero-order chi connectivity index (χ0) is 22.3. The summed E-state index contributed by atoms with van der Waals surface area (Å²) in [7, 11) is 0. The van der Waals surface area contributed by atoms with Crippen LogP contribution in [0.25, 0.3) is 0 Å². The van der Waals surface area contributed by atoms with E-state index in [-0.39, 0.29) is 52.3 Å². The highest BCUT2D eigenvalue weighted by Crippen LogP contribution is 2.56. The number of hydrogen-bond donors (Lipinski definition) is 0. The van der Waals surface area contributed by atoms with Gasteiger partial charge in [-0.05, 0) is 61.4 Å². The highest BCUT2D eigenvalue weighted by atomic mass is 16.6. The molecule has 2 aliphatic heterocycles. The fourth-order valence-corrected chi connectivity index (χ4v) is 6.07. The molecule has 0 N–H and O–H groups in total. The van der Waals surface area contributed by atoms with Gasteiger partial charge in [-0.15, -0.1) is 0 Å². The molecule has 4 atom stereocenters. The highest BCUT2D eigenvalue weighted by Gasteiger charge is 2.61. The summed E-state index contributed by atoms with van der Waals surface area (Å²) in [5.41, 5.74) is -0.0654. The van der Waals surface area contributed by atoms with E-state index in [1.54, 1.807) is 0 Å². The molecule has 2 aliphatic carbocycles. The Morgan fingerprint density at radius 1 is 0.781 bits per heavy atom. The predicted molar refractivity (Wildman–Crippen MR) is 111 cm³/mol. The van der Waals surface area contributed by atoms with E-state index < -0.39 is 22.4 Å². The van der Waals surface area contributed by atoms with E-state index in [2.05, 4.69) is 0 Å². The van der Waals surface area contributed by atoms with E-state index in [4.69, 9.17) is 0 Å². The van der Waals surface area contributed by atoms with Crippen molar-refractivity contribution in [2.75, 3.05) is 9.80 Å². The topological polar surface area (TPSA) is 118 Å². The van der Waals surface area contributed by atoms with Crippen LogP contribution in [0.3, 0.4) is 0 Å². The van der Waals surface area contributed by atoms with E-state index >= 15 is 0 Å². The number of hydrogen-bond acceptors (Lipinski definition) is 6. The van der Waals surface area contributed by atoms with E-state index in [9.17, 15) is 29.3 Å². The number of nitro groups is 1. The second-order valence-corrected chi connectivity index (χ2v) is 8.82. The van der Waals surface area contributed by atoms with Crippen molar-refractivity contribution in [2.24, 2.45) is 23.7 Å². The molecule has 9 nitrogen and oxygen atoms in total. The maximum Gasteiger partial charge on any atom is 0.283 e. The Morgan fingerprint density at radius 3 is 1.91 bits per heavy atom. The SMILES string of the molecule is O=C1c2cccc([N+](=O)[O-])c2C(=O)N1c1ccc(N2C(=O)[C@H]3[C@H]4CC[C@@H](C4)[C@@H]3C2=O)cc1. The molecule has 2 bridgehead atoms. The molecule has 2 heterocycles. The number of nitrogens with zero attached hydrogens (tertiary/aromatic N) is 3. The molecule has 0 unspecified atom stereocenters. The summed E-state index contributed by atoms with van der Waals surface area (Å²) < 4.78 is 0. The minimum Gasteiger partial charge on any atom is -0.274 e. The average molecular weight is 431 g/mol. The number of imide groups is 2. The molecule has 3 fully saturated rings. The van der Waals surface area contributed by atoms with Crippen molar-refractivity contribution >= 4 is 40.7 Å². The first-order chi connectivity index (χ1) is 15.4. The molecule has 32 heavy (non-hydrogen) atoms. The monoisotopic (exact) mass is 431 g/mol. The second-order valence-electron chi connectivity index (χ2n) is 8.82. The lowest BCUT2D eigenvalue weighted by molar-refractivity contribution is -0.385. The van der Waals surface area contributed by atoms with Crippen LogP contribution in [0.2, 0.25) is 0 Å². The van der Waals surface area contributed by atoms with Crippen molar-refractivity contribution in [3.05, 3.63) is 63.7 Å². The fourth-order valence-electron chi connectivity index (χ4n) is 6.07. The highest BCUT2D eigenvalue weighted by molar-refractivity contribution is 6.35. The quantitative estimate of drug-likeness (QED) is 0.419. The molecule has 0 aromatic heterocycles. The first kappa shape index (κ1) is 18.9. The minimum atomic E-state index is -0.774. The van der Waals surface area contributed by atoms with E-state index in [1.807, 2.05) is 0 Å². The number of carbonyl (C=O) groups is 4. The van der Waals surface area contributed by atoms with E-state index in [0.29, 0.717) is 5.69 Å². The third-order valence-electron chi connectivity index (χ3n) is 7.38. The Kier molecular flexibility index (Phi) is 3.72. The molecule has 4 amide bonds. The summed E-state index contributed by atoms with van der Waals surface area (Å²) in [6.07, 6.45) is 2.93. The molecular weight excluding hydrogens is 414 g/mol. The van der Waals surface area contributed by atoms with E-state index in [1.165, 1.54) is 47.4 Å². The van der Waals surface area contributed by atoms with Gasteiger partial charge in [-0.3, -0.25) is 34.2 Å². The van der Waals surface area contributed by atoms with Gasteiger partial charge in [0.2, 0.25) is 11.8 Å². The summed E-state index contributed by atoms with van der Waals surface area (Å²) in [5.74, 6) is -1.69. The molecule has 0 radical (unpaired) electrons. The van der Waals surface area contributed by atoms with Crippen molar-refractivity contribution < 1.29 is 24.1 Å². The van der Waals surface area contributed by atoms with Gasteiger partial charge in [-0.1, -0.05) is 6.07 Å². The number of rotatable bonds is 3. The van der Waals surface area contributed by atoms with Gasteiger partial charge < -0.3 is 0 Å². The molecule has 1 saturated heterocycles. The van der Waals surface area contributed by atoms with Gasteiger partial charge in [-0.25, -0.2) is 4.90 Å². The number of fused-ring (bicyclic) bond motifs is 6. The number of benzene rings is 2. The van der Waals surface area contributed by atoms with Crippen molar-refractivity contribution in [1.82, 2.24) is 0 Å². The van der Waals surface area contributed by atoms with Gasteiger partial charge in [0.15, 0.2) is 0 Å². The third kappa shape index (κ3) is 2.27. The summed E-state index contributed by atoms with van der Waals surface area (Å²) in [6.45, 7) is 0. The van der Waals surface area contributed by atoms with Gasteiger partial charge in [0.25, 0.3) is 17.5 Å². The molecule has 0 spiro atoms. The van der Waals surface area contributed by atoms with Crippen LogP contribution < -0.4 is 9.80 Å². The smallest absolute Gasteiger partial charge is 0.274 e. The Hall–Kier alpha value is -3.88. The maximum atomic E-state index is 13.0. The third-order valence-corrected chi connectivity index (χ3v) is 7.38. The first-order valence-corrected chi connectivity index (χ1v) is 10.5. The van der Waals surface area contributed by atoms with Gasteiger partial charge in [0.1, 0.15) is 5.56 Å². The molecule has 4 aliphatic rings. The van der Waals surface area contributed by atoms with Crippen LogP contribution in [0.4, 0.5) is 17.1 Å². The molecule has 9 heteroatoms. The van der Waals surface area contributed by atoms with Crippen LogP contribution in [0.1, 0.15) is 40.0 Å². The number of nitro benzene ring substituents is 1. The van der Waals surface area contributed by atoms with Crippen LogP contribution in [0, 0.1) is 33.8 Å². The lowest BCUT2D eigenvalue weighted by atomic mass is 9.81. The van der Waals surface area contributed by atoms with Crippen LogP contribution in [0.15, 0.2) is 42.5 Å². The molecule has 6 rings (SSSR count). The summed E-state index contributed by atoms with van der Waals surface area (Å²) in [6, 6.07) is 9.95. The van der Waals surface area contributed by atoms with Crippen LogP contribution >= 0.6 is 0 Å². The standard InChI is InChI=1S/C23H17N3O6/c27-20-15-2-1-3-16(26(31)32)19(15)23(30)24(20)13-6-8-14(9-7-13)25-21(28)17-11-4-5-12(10-11)18(17)22(25)29/h1-3,6-9,11-12,17-18H,4-5,10H2/t11-,12-,17-,18-/m0/s1. The van der Waals surface area contributed by atoms with E-state index in [0.717, 1.165) is 24.2 Å². The van der Waals surface area contributed by atoms with Gasteiger partial charge in [0.05, 0.1) is 33.7 Å². The molecule has 2 aromatic rings. The minimum absolute atomic E-state index is 0.0264. The Labute approximate surface area is 181 Å². The molecule has 2 aromatic carbocycles. The Balaban J connectivity index is 1.32. The molecule has 2 saturated carbocycles. The summed E-state index contributed by atoms with van der Waals surface area (Å²) in [4.78, 5) is 64.4. The average Bonchev–Trinajstić information content (AvgIpc) is 3.52. The number of anilines is 2. The zero-order valence-corrected chi connectivity index (χ0v) is 16.8. The Morgan fingerprint density at radius 2 is 1.34 bits per heavy atom. The lowest BCUT2D eigenvalue weighted by Crippen LogP contribution is -2.33. The van der Waals surface area contributed by atoms with Crippen molar-refractivity contribution in [3.63, 3.8) is 0 Å². The molecule has 160 valence electrons. The van der Waals surface area contributed by atoms with Crippen molar-refractivity contribution in [3.8, 4) is 0 Å². The fraction of sp³-hybridized carbons (Fsp3) is 0.304. The summed E-state index contributed by atoms with van der Waals surface area (Å²) >= 11 is 0. The first-order valence-electron chi connectivity index (χ1n) is 10.5. The number of carbonyl (C=O) groups excluding carboxylic acids is 4. The van der Waals surface area contributed by atoms with Crippen LogP contribution in [0.5, 0.6) is 0 Å². The maximum absolute atomic E-state index is 13.0. The van der Waals surface area contributed by atoms with Crippen LogP contribution in [-0.2, 0) is 9.59 Å². The van der Waals surface area contributed by atoms with Crippen molar-refractivity contribution in [1.29, 1.82) is 0 Å². The second kappa shape index (κ2) is 6.32. The normalized spacial score (nSPS) is 28.0. The van der Waals surface area contributed by atoms with Gasteiger partial charge >= 0.3 is 0 Å². The predicted octanol–water partition coefficient (Wildman–Crippen LogP) is 2.93.